The highest BCUT2D eigenvalue weighted by molar-refractivity contribution is 9.10. The zero-order valence-electron chi connectivity index (χ0n) is 11.7. The Morgan fingerprint density at radius 3 is 2.60 bits per heavy atom. The third-order valence-corrected chi connectivity index (χ3v) is 4.26. The maximum absolute atomic E-state index is 11.9. The highest BCUT2D eigenvalue weighted by Gasteiger charge is 2.25. The van der Waals surface area contributed by atoms with Gasteiger partial charge in [0.2, 0.25) is 0 Å². The van der Waals surface area contributed by atoms with Crippen molar-refractivity contribution in [1.29, 1.82) is 0 Å². The number of anilines is 1. The van der Waals surface area contributed by atoms with E-state index in [0.717, 1.165) is 10.0 Å². The lowest BCUT2D eigenvalue weighted by atomic mass is 9.99. The predicted molar refractivity (Wildman–Crippen MR) is 81.9 cm³/mol. The molecule has 0 radical (unpaired) electrons. The van der Waals surface area contributed by atoms with Crippen molar-refractivity contribution in [1.82, 2.24) is 5.32 Å². The molecule has 0 aromatic heterocycles. The maximum atomic E-state index is 11.9. The Hall–Kier alpha value is -1.56. The van der Waals surface area contributed by atoms with Crippen LogP contribution in [0.2, 0.25) is 0 Å². The summed E-state index contributed by atoms with van der Waals surface area (Å²) in [6, 6.07) is 4.05. The van der Waals surface area contributed by atoms with Crippen LogP contribution in [0, 0.1) is 12.8 Å². The molecule has 5 nitrogen and oxygen atoms in total. The summed E-state index contributed by atoms with van der Waals surface area (Å²) in [5.74, 6) is -1.17. The first-order valence-electron chi connectivity index (χ1n) is 6.42. The van der Waals surface area contributed by atoms with Gasteiger partial charge in [-0.3, -0.25) is 0 Å². The molecular formula is C14H19BrN2O3. The summed E-state index contributed by atoms with van der Waals surface area (Å²) in [7, 11) is 0. The van der Waals surface area contributed by atoms with Gasteiger partial charge in [-0.25, -0.2) is 9.59 Å². The van der Waals surface area contributed by atoms with Crippen LogP contribution in [0.15, 0.2) is 22.7 Å². The van der Waals surface area contributed by atoms with E-state index in [1.807, 2.05) is 26.0 Å². The first kappa shape index (κ1) is 16.5. The average molecular weight is 343 g/mol. The lowest BCUT2D eigenvalue weighted by Gasteiger charge is -2.20. The van der Waals surface area contributed by atoms with E-state index in [0.29, 0.717) is 12.1 Å². The molecule has 0 bridgehead atoms. The molecule has 20 heavy (non-hydrogen) atoms. The summed E-state index contributed by atoms with van der Waals surface area (Å²) in [5.41, 5.74) is 1.59. The van der Waals surface area contributed by atoms with E-state index in [9.17, 15) is 9.59 Å². The fourth-order valence-electron chi connectivity index (χ4n) is 1.73. The quantitative estimate of drug-likeness (QED) is 0.767. The number of halogens is 1. The summed E-state index contributed by atoms with van der Waals surface area (Å²) in [5, 5.41) is 14.3. The molecule has 0 heterocycles. The van der Waals surface area contributed by atoms with Crippen LogP contribution in [0.4, 0.5) is 10.5 Å². The van der Waals surface area contributed by atoms with E-state index < -0.39 is 18.0 Å². The van der Waals surface area contributed by atoms with Gasteiger partial charge < -0.3 is 15.7 Å². The van der Waals surface area contributed by atoms with Crippen LogP contribution in [-0.4, -0.2) is 23.1 Å². The van der Waals surface area contributed by atoms with Gasteiger partial charge in [0.15, 0.2) is 0 Å². The van der Waals surface area contributed by atoms with Gasteiger partial charge in [-0.2, -0.15) is 0 Å². The number of aliphatic carboxylic acids is 1. The number of hydrogen-bond donors (Lipinski definition) is 3. The minimum Gasteiger partial charge on any atom is -0.480 e. The fraction of sp³-hybridized carbons (Fsp3) is 0.429. The first-order chi connectivity index (χ1) is 9.36. The van der Waals surface area contributed by atoms with Gasteiger partial charge >= 0.3 is 12.0 Å². The molecule has 1 aromatic rings. The normalized spacial score (nSPS) is 13.4. The van der Waals surface area contributed by atoms with E-state index in [1.165, 1.54) is 0 Å². The summed E-state index contributed by atoms with van der Waals surface area (Å²) in [6.45, 7) is 5.59. The Bertz CT molecular complexity index is 505. The van der Waals surface area contributed by atoms with Crippen LogP contribution < -0.4 is 10.6 Å². The van der Waals surface area contributed by atoms with Crippen LogP contribution in [0.3, 0.4) is 0 Å². The van der Waals surface area contributed by atoms with Crippen molar-refractivity contribution in [3.05, 3.63) is 28.2 Å². The molecule has 6 heteroatoms. The van der Waals surface area contributed by atoms with Gasteiger partial charge in [0.05, 0.1) is 5.69 Å². The van der Waals surface area contributed by atoms with Crippen molar-refractivity contribution in [2.45, 2.75) is 33.2 Å². The molecule has 0 aliphatic rings. The van der Waals surface area contributed by atoms with E-state index in [2.05, 4.69) is 26.6 Å². The van der Waals surface area contributed by atoms with Crippen molar-refractivity contribution in [2.24, 2.45) is 5.92 Å². The standard InChI is InChI=1S/C14H19BrN2O3/c1-4-8(2)12(13(18)19)17-14(20)16-10-7-5-6-9(3)11(10)15/h5-8,12H,4H2,1-3H3,(H,18,19)(H2,16,17,20). The van der Waals surface area contributed by atoms with E-state index >= 15 is 0 Å². The zero-order valence-corrected chi connectivity index (χ0v) is 13.3. The summed E-state index contributed by atoms with van der Waals surface area (Å²) in [4.78, 5) is 23.1. The summed E-state index contributed by atoms with van der Waals surface area (Å²) >= 11 is 3.39. The second-order valence-corrected chi connectivity index (χ2v) is 5.53. The molecule has 1 aromatic carbocycles. The SMILES string of the molecule is CCC(C)C(NC(=O)Nc1cccc(C)c1Br)C(=O)O. The maximum Gasteiger partial charge on any atom is 0.326 e. The van der Waals surface area contributed by atoms with Crippen LogP contribution in [-0.2, 0) is 4.79 Å². The average Bonchev–Trinajstić information content (AvgIpc) is 2.40. The van der Waals surface area contributed by atoms with Crippen LogP contribution >= 0.6 is 15.9 Å². The highest BCUT2D eigenvalue weighted by Crippen LogP contribution is 2.25. The van der Waals surface area contributed by atoms with Crippen molar-refractivity contribution >= 4 is 33.6 Å². The molecule has 0 fully saturated rings. The smallest absolute Gasteiger partial charge is 0.326 e. The summed E-state index contributed by atoms with van der Waals surface area (Å²) < 4.78 is 0.783. The Balaban J connectivity index is 2.76. The van der Waals surface area contributed by atoms with Gasteiger partial charge in [0.1, 0.15) is 6.04 Å². The van der Waals surface area contributed by atoms with Crippen LogP contribution in [0.5, 0.6) is 0 Å². The van der Waals surface area contributed by atoms with Crippen molar-refractivity contribution in [2.75, 3.05) is 5.32 Å². The van der Waals surface area contributed by atoms with E-state index in [-0.39, 0.29) is 5.92 Å². The lowest BCUT2D eigenvalue weighted by molar-refractivity contribution is -0.140. The first-order valence-corrected chi connectivity index (χ1v) is 7.21. The minimum absolute atomic E-state index is 0.140. The molecule has 0 aliphatic carbocycles. The predicted octanol–water partition coefficient (Wildman–Crippen LogP) is 3.38. The number of aryl methyl sites for hydroxylation is 1. The number of nitrogens with one attached hydrogen (secondary N) is 2. The Morgan fingerprint density at radius 2 is 2.05 bits per heavy atom. The molecule has 2 unspecified atom stereocenters. The Labute approximate surface area is 126 Å². The molecule has 1 rings (SSSR count). The number of carbonyl (C=O) groups excluding carboxylic acids is 1. The number of carboxylic acid groups (broad SMARTS) is 1. The third kappa shape index (κ3) is 4.23. The van der Waals surface area contributed by atoms with Crippen molar-refractivity contribution < 1.29 is 14.7 Å². The number of rotatable bonds is 5. The Kier molecular flexibility index (Phi) is 6.01. The van der Waals surface area contributed by atoms with Gasteiger partial charge in [-0.15, -0.1) is 0 Å². The third-order valence-electron chi connectivity index (χ3n) is 3.21. The molecular weight excluding hydrogens is 324 g/mol. The second-order valence-electron chi connectivity index (χ2n) is 4.74. The zero-order chi connectivity index (χ0) is 15.3. The van der Waals surface area contributed by atoms with E-state index in [4.69, 9.17) is 5.11 Å². The van der Waals surface area contributed by atoms with Crippen molar-refractivity contribution in [3.8, 4) is 0 Å². The number of amides is 2. The number of hydrogen-bond acceptors (Lipinski definition) is 2. The monoisotopic (exact) mass is 342 g/mol. The van der Waals surface area contributed by atoms with Gasteiger partial charge in [0, 0.05) is 4.47 Å². The Morgan fingerprint density at radius 1 is 1.40 bits per heavy atom. The summed E-state index contributed by atoms with van der Waals surface area (Å²) in [6.07, 6.45) is 0.672. The molecule has 0 aliphatic heterocycles. The number of carbonyl (C=O) groups is 2. The lowest BCUT2D eigenvalue weighted by Crippen LogP contribution is -2.46. The number of benzene rings is 1. The molecule has 0 saturated heterocycles. The highest BCUT2D eigenvalue weighted by atomic mass is 79.9. The van der Waals surface area contributed by atoms with Crippen LogP contribution in [0.25, 0.3) is 0 Å². The number of urea groups is 1. The topological polar surface area (TPSA) is 78.4 Å². The molecule has 2 atom stereocenters. The van der Waals surface area contributed by atoms with Crippen molar-refractivity contribution in [3.63, 3.8) is 0 Å². The van der Waals surface area contributed by atoms with Gasteiger partial charge in [-0.1, -0.05) is 32.4 Å². The minimum atomic E-state index is -1.03. The molecule has 0 spiro atoms. The second kappa shape index (κ2) is 7.28. The van der Waals surface area contributed by atoms with E-state index in [1.54, 1.807) is 13.0 Å². The molecule has 110 valence electrons. The van der Waals surface area contributed by atoms with Crippen LogP contribution in [0.1, 0.15) is 25.8 Å². The largest absolute Gasteiger partial charge is 0.480 e. The fourth-order valence-corrected chi connectivity index (χ4v) is 2.09. The molecule has 0 saturated carbocycles. The number of carboxylic acids is 1. The van der Waals surface area contributed by atoms with Gasteiger partial charge in [0.25, 0.3) is 0 Å². The molecule has 3 N–H and O–H groups in total. The van der Waals surface area contributed by atoms with Gasteiger partial charge in [-0.05, 0) is 40.4 Å². The molecule has 2 amide bonds.